The normalized spacial score (nSPS) is 11.8. The lowest BCUT2D eigenvalue weighted by atomic mass is 10.2. The fraction of sp³-hybridized carbons (Fsp3) is 0.0667. The number of halogens is 2. The van der Waals surface area contributed by atoms with Crippen LogP contribution in [0, 0.1) is 6.92 Å². The highest BCUT2D eigenvalue weighted by Gasteiger charge is 2.13. The van der Waals surface area contributed by atoms with Crippen molar-refractivity contribution in [1.82, 2.24) is 14.4 Å². The van der Waals surface area contributed by atoms with Gasteiger partial charge in [0.1, 0.15) is 11.5 Å². The minimum atomic E-state index is 0.512. The number of aryl methyl sites for hydroxylation is 1. The zero-order valence-corrected chi connectivity index (χ0v) is 12.1. The molecule has 0 atom stereocenters. The second-order valence-corrected chi connectivity index (χ2v) is 5.52. The molecular weight excluding hydrogens is 293 g/mol. The summed E-state index contributed by atoms with van der Waals surface area (Å²) in [5, 5.41) is 2.05. The molecule has 0 radical (unpaired) electrons. The third-order valence-corrected chi connectivity index (χ3v) is 4.17. The van der Waals surface area contributed by atoms with Crippen LogP contribution in [0.4, 0.5) is 0 Å². The number of aromatic nitrogens is 3. The Labute approximate surface area is 124 Å². The molecule has 0 aliphatic rings. The molecule has 4 rings (SSSR count). The maximum absolute atomic E-state index is 6.12. The van der Waals surface area contributed by atoms with Gasteiger partial charge in [-0.3, -0.25) is 4.40 Å². The van der Waals surface area contributed by atoms with Crippen molar-refractivity contribution in [2.45, 2.75) is 6.92 Å². The molecule has 4 aromatic rings. The van der Waals surface area contributed by atoms with Crippen molar-refractivity contribution in [3.05, 3.63) is 52.3 Å². The summed E-state index contributed by atoms with van der Waals surface area (Å²) in [6.45, 7) is 1.96. The summed E-state index contributed by atoms with van der Waals surface area (Å²) in [5.74, 6) is 0.875. The number of imidazole rings is 1. The molecule has 0 bridgehead atoms. The molecule has 20 heavy (non-hydrogen) atoms. The molecule has 0 fully saturated rings. The minimum Gasteiger partial charge on any atom is -0.280 e. The Morgan fingerprint density at radius 2 is 1.70 bits per heavy atom. The topological polar surface area (TPSA) is 30.2 Å². The molecule has 0 aliphatic carbocycles. The van der Waals surface area contributed by atoms with Gasteiger partial charge in [-0.1, -0.05) is 35.3 Å². The Kier molecular flexibility index (Phi) is 2.43. The van der Waals surface area contributed by atoms with Crippen molar-refractivity contribution in [3.8, 4) is 0 Å². The predicted molar refractivity (Wildman–Crippen MR) is 82.8 cm³/mol. The lowest BCUT2D eigenvalue weighted by Gasteiger charge is -2.04. The zero-order valence-electron chi connectivity index (χ0n) is 10.6. The maximum atomic E-state index is 6.12. The van der Waals surface area contributed by atoms with Crippen LogP contribution in [-0.2, 0) is 0 Å². The summed E-state index contributed by atoms with van der Waals surface area (Å²) in [6, 6.07) is 11.6. The number of benzene rings is 2. The van der Waals surface area contributed by atoms with Crippen LogP contribution in [0.3, 0.4) is 0 Å². The van der Waals surface area contributed by atoms with E-state index in [1.54, 1.807) is 6.07 Å². The Balaban J connectivity index is 2.32. The van der Waals surface area contributed by atoms with Gasteiger partial charge < -0.3 is 0 Å². The molecule has 2 aromatic carbocycles. The SMILES string of the molecule is Cc1nc2ccccc2c2nc3cc(Cl)c(Cl)cc3n12. The molecular formula is C15H9Cl2N3. The standard InChI is InChI=1S/C15H9Cl2N3/c1-8-18-12-5-3-2-4-9(12)15-19-13-6-10(16)11(17)7-14(13)20(8)15/h2-7H,1H3. The highest BCUT2D eigenvalue weighted by Crippen LogP contribution is 2.30. The van der Waals surface area contributed by atoms with E-state index in [2.05, 4.69) is 9.97 Å². The average Bonchev–Trinajstić information content (AvgIpc) is 2.79. The van der Waals surface area contributed by atoms with Crippen molar-refractivity contribution in [2.75, 3.05) is 0 Å². The number of hydrogen-bond donors (Lipinski definition) is 0. The molecule has 0 amide bonds. The van der Waals surface area contributed by atoms with Gasteiger partial charge in [-0.2, -0.15) is 0 Å². The summed E-state index contributed by atoms with van der Waals surface area (Å²) in [7, 11) is 0. The first-order valence-electron chi connectivity index (χ1n) is 6.18. The van der Waals surface area contributed by atoms with E-state index in [4.69, 9.17) is 23.2 Å². The summed E-state index contributed by atoms with van der Waals surface area (Å²) in [5.41, 5.74) is 3.55. The lowest BCUT2D eigenvalue weighted by Crippen LogP contribution is -1.96. The molecule has 98 valence electrons. The van der Waals surface area contributed by atoms with Gasteiger partial charge in [0.25, 0.3) is 0 Å². The number of para-hydroxylation sites is 1. The quantitative estimate of drug-likeness (QED) is 0.473. The van der Waals surface area contributed by atoms with Crippen LogP contribution in [0.1, 0.15) is 5.82 Å². The van der Waals surface area contributed by atoms with Crippen molar-refractivity contribution in [1.29, 1.82) is 0 Å². The molecule has 3 nitrogen and oxygen atoms in total. The molecule has 0 spiro atoms. The molecule has 0 saturated carbocycles. The first-order chi connectivity index (χ1) is 9.65. The molecule has 0 N–H and O–H groups in total. The Hall–Kier alpha value is -1.84. The highest BCUT2D eigenvalue weighted by atomic mass is 35.5. The van der Waals surface area contributed by atoms with Gasteiger partial charge in [0.05, 0.1) is 26.6 Å². The fourth-order valence-corrected chi connectivity index (χ4v) is 2.88. The van der Waals surface area contributed by atoms with E-state index >= 15 is 0 Å². The molecule has 2 aromatic heterocycles. The van der Waals surface area contributed by atoms with Crippen LogP contribution in [0.2, 0.25) is 10.0 Å². The third kappa shape index (κ3) is 1.54. The van der Waals surface area contributed by atoms with Gasteiger partial charge in [-0.05, 0) is 31.2 Å². The van der Waals surface area contributed by atoms with Crippen molar-refractivity contribution < 1.29 is 0 Å². The van der Waals surface area contributed by atoms with E-state index in [-0.39, 0.29) is 0 Å². The van der Waals surface area contributed by atoms with E-state index in [1.165, 1.54) is 0 Å². The monoisotopic (exact) mass is 301 g/mol. The Bertz CT molecular complexity index is 989. The fourth-order valence-electron chi connectivity index (χ4n) is 2.57. The molecule has 0 unspecified atom stereocenters. The van der Waals surface area contributed by atoms with Crippen LogP contribution in [0.25, 0.3) is 27.6 Å². The largest absolute Gasteiger partial charge is 0.280 e. The van der Waals surface area contributed by atoms with Gasteiger partial charge in [-0.25, -0.2) is 9.97 Å². The van der Waals surface area contributed by atoms with Gasteiger partial charge >= 0.3 is 0 Å². The number of rotatable bonds is 0. The highest BCUT2D eigenvalue weighted by molar-refractivity contribution is 6.42. The van der Waals surface area contributed by atoms with Crippen molar-refractivity contribution >= 4 is 50.8 Å². The number of fused-ring (bicyclic) bond motifs is 5. The number of nitrogens with zero attached hydrogens (tertiary/aromatic N) is 3. The summed E-state index contributed by atoms with van der Waals surface area (Å²) >= 11 is 12.2. The Morgan fingerprint density at radius 3 is 2.55 bits per heavy atom. The second kappa shape index (κ2) is 4.08. The number of hydrogen-bond acceptors (Lipinski definition) is 2. The van der Waals surface area contributed by atoms with E-state index < -0.39 is 0 Å². The van der Waals surface area contributed by atoms with E-state index in [1.807, 2.05) is 41.7 Å². The summed E-state index contributed by atoms with van der Waals surface area (Å²) in [6.07, 6.45) is 0. The first kappa shape index (κ1) is 11.9. The minimum absolute atomic E-state index is 0.512. The van der Waals surface area contributed by atoms with Crippen LogP contribution in [-0.4, -0.2) is 14.4 Å². The van der Waals surface area contributed by atoms with Crippen LogP contribution >= 0.6 is 23.2 Å². The van der Waals surface area contributed by atoms with Crippen LogP contribution < -0.4 is 0 Å². The lowest BCUT2D eigenvalue weighted by molar-refractivity contribution is 1.04. The van der Waals surface area contributed by atoms with E-state index in [9.17, 15) is 0 Å². The molecule has 0 aliphatic heterocycles. The molecule has 2 heterocycles. The van der Waals surface area contributed by atoms with E-state index in [0.717, 1.165) is 33.4 Å². The zero-order chi connectivity index (χ0) is 13.9. The van der Waals surface area contributed by atoms with Crippen molar-refractivity contribution in [3.63, 3.8) is 0 Å². The van der Waals surface area contributed by atoms with Crippen LogP contribution in [0.5, 0.6) is 0 Å². The second-order valence-electron chi connectivity index (χ2n) is 4.70. The average molecular weight is 302 g/mol. The maximum Gasteiger partial charge on any atom is 0.148 e. The van der Waals surface area contributed by atoms with Gasteiger partial charge in [0.2, 0.25) is 0 Å². The summed E-state index contributed by atoms with van der Waals surface area (Å²) < 4.78 is 2.01. The van der Waals surface area contributed by atoms with Gasteiger partial charge in [0, 0.05) is 5.39 Å². The first-order valence-corrected chi connectivity index (χ1v) is 6.93. The van der Waals surface area contributed by atoms with Gasteiger partial charge in [0.15, 0.2) is 0 Å². The van der Waals surface area contributed by atoms with E-state index in [0.29, 0.717) is 10.0 Å². The van der Waals surface area contributed by atoms with Gasteiger partial charge in [-0.15, -0.1) is 0 Å². The Morgan fingerprint density at radius 1 is 0.950 bits per heavy atom. The smallest absolute Gasteiger partial charge is 0.148 e. The third-order valence-electron chi connectivity index (χ3n) is 3.45. The van der Waals surface area contributed by atoms with Crippen molar-refractivity contribution in [2.24, 2.45) is 0 Å². The van der Waals surface area contributed by atoms with Crippen LogP contribution in [0.15, 0.2) is 36.4 Å². The molecule has 0 saturated heterocycles. The summed E-state index contributed by atoms with van der Waals surface area (Å²) in [4.78, 5) is 9.31. The molecule has 5 heteroatoms. The predicted octanol–water partition coefficient (Wildman–Crippen LogP) is 4.65.